The summed E-state index contributed by atoms with van der Waals surface area (Å²) in [5, 5.41) is 0. The zero-order valence-electron chi connectivity index (χ0n) is 8.77. The smallest absolute Gasteiger partial charge is 0.0239 e. The van der Waals surface area contributed by atoms with E-state index < -0.39 is 0 Å². The highest BCUT2D eigenvalue weighted by molar-refractivity contribution is 7.96. The lowest BCUT2D eigenvalue weighted by atomic mass is 10.5. The second kappa shape index (κ2) is 32.3. The Kier molecular flexibility index (Phi) is 50.5. The van der Waals surface area contributed by atoms with Gasteiger partial charge in [-0.1, -0.05) is 51.8 Å². The summed E-state index contributed by atoms with van der Waals surface area (Å²) in [4.78, 5) is 0. The van der Waals surface area contributed by atoms with E-state index >= 15 is 0 Å². The Bertz CT molecular complexity index is 53.5. The molecule has 0 aliphatic rings. The first-order valence-corrected chi connectivity index (χ1v) is 5.51. The second-order valence-corrected chi connectivity index (χ2v) is 1.82. The zero-order valence-corrected chi connectivity index (χ0v) is 9.59. The molecule has 0 amide bonds. The summed E-state index contributed by atoms with van der Waals surface area (Å²) < 4.78 is 3.08. The van der Waals surface area contributed by atoms with Crippen LogP contribution in [0, 0.1) is 0 Å². The van der Waals surface area contributed by atoms with Gasteiger partial charge in [0.05, 0.1) is 0 Å². The average molecular weight is 177 g/mol. The van der Waals surface area contributed by atoms with Gasteiger partial charge in [-0.3, -0.25) is 4.72 Å². The maximum Gasteiger partial charge on any atom is 0.0239 e. The van der Waals surface area contributed by atoms with Crippen molar-refractivity contribution in [3.63, 3.8) is 0 Å². The molecule has 0 saturated heterocycles. The Labute approximate surface area is 76.8 Å². The average Bonchev–Trinajstić information content (AvgIpc) is 2.13. The third-order valence-electron chi connectivity index (χ3n) is 0.581. The second-order valence-electron chi connectivity index (χ2n) is 1.12. The molecular weight excluding hydrogens is 154 g/mol. The third kappa shape index (κ3) is 39.7. The van der Waals surface area contributed by atoms with Gasteiger partial charge in [0, 0.05) is 6.54 Å². The summed E-state index contributed by atoms with van der Waals surface area (Å²) in [5.74, 6) is 0. The van der Waals surface area contributed by atoms with Crippen LogP contribution in [0.4, 0.5) is 0 Å². The third-order valence-corrected chi connectivity index (χ3v) is 1.04. The zero-order chi connectivity index (χ0) is 9.54. The summed E-state index contributed by atoms with van der Waals surface area (Å²) in [6.45, 7) is 11.0. The fourth-order valence-electron chi connectivity index (χ4n) is 0.249. The van der Waals surface area contributed by atoms with E-state index in [2.05, 4.69) is 10.8 Å². The normalized spacial score (nSPS) is 7.82. The lowest BCUT2D eigenvalue weighted by molar-refractivity contribution is 1.13. The Morgan fingerprint density at radius 1 is 1.18 bits per heavy atom. The molecule has 0 aromatic heterocycles. The molecule has 0 fully saturated rings. The largest absolute Gasteiger partial charge is 0.261 e. The summed E-state index contributed by atoms with van der Waals surface area (Å²) >= 11 is 1.64. The molecular formula is C9H23NS. The Hall–Kier alpha value is 0.0500. The lowest BCUT2D eigenvalue weighted by Crippen LogP contribution is -1.99. The van der Waals surface area contributed by atoms with Gasteiger partial charge in [-0.2, -0.15) is 0 Å². The topological polar surface area (TPSA) is 12.0 Å². The fraction of sp³-hybridized carbons (Fsp3) is 0.778. The molecule has 0 aliphatic heterocycles. The van der Waals surface area contributed by atoms with Crippen molar-refractivity contribution in [2.45, 2.75) is 34.6 Å². The van der Waals surface area contributed by atoms with Gasteiger partial charge in [0.1, 0.15) is 0 Å². The maximum atomic E-state index is 3.08. The molecule has 0 saturated carbocycles. The number of hydrogen-bond donors (Lipinski definition) is 1. The first-order valence-electron chi connectivity index (χ1n) is 4.28. The number of allylic oxidation sites excluding steroid dienone is 1. The predicted molar refractivity (Wildman–Crippen MR) is 59.0 cm³/mol. The first-order chi connectivity index (χ1) is 5.41. The number of nitrogens with one attached hydrogen (secondary N) is 1. The molecule has 1 nitrogen and oxygen atoms in total. The van der Waals surface area contributed by atoms with E-state index in [1.807, 2.05) is 47.0 Å². The van der Waals surface area contributed by atoms with Crippen molar-refractivity contribution in [2.24, 2.45) is 0 Å². The van der Waals surface area contributed by atoms with E-state index in [1.165, 1.54) is 0 Å². The molecule has 0 aromatic rings. The fourth-order valence-corrected chi connectivity index (χ4v) is 0.512. The van der Waals surface area contributed by atoms with Gasteiger partial charge in [0.25, 0.3) is 0 Å². The van der Waals surface area contributed by atoms with Crippen molar-refractivity contribution in [1.29, 1.82) is 0 Å². The molecule has 0 heterocycles. The summed E-state index contributed by atoms with van der Waals surface area (Å²) in [6, 6.07) is 0. The molecule has 11 heavy (non-hydrogen) atoms. The van der Waals surface area contributed by atoms with Gasteiger partial charge in [0.2, 0.25) is 0 Å². The van der Waals surface area contributed by atoms with Crippen molar-refractivity contribution < 1.29 is 0 Å². The predicted octanol–water partition coefficient (Wildman–Crippen LogP) is 3.48. The van der Waals surface area contributed by atoms with Crippen LogP contribution >= 0.6 is 11.9 Å². The van der Waals surface area contributed by atoms with Crippen LogP contribution in [-0.4, -0.2) is 12.8 Å². The van der Waals surface area contributed by atoms with Crippen LogP contribution in [0.1, 0.15) is 34.6 Å². The van der Waals surface area contributed by atoms with E-state index in [0.29, 0.717) is 0 Å². The van der Waals surface area contributed by atoms with Crippen molar-refractivity contribution in [3.8, 4) is 0 Å². The molecule has 0 bridgehead atoms. The quantitative estimate of drug-likeness (QED) is 0.402. The number of rotatable bonds is 3. The van der Waals surface area contributed by atoms with E-state index in [0.717, 1.165) is 6.54 Å². The molecule has 0 unspecified atom stereocenters. The highest BCUT2D eigenvalue weighted by Gasteiger charge is 1.69. The minimum Gasteiger partial charge on any atom is -0.261 e. The van der Waals surface area contributed by atoms with Gasteiger partial charge in [-0.05, 0) is 13.2 Å². The molecule has 0 rings (SSSR count). The van der Waals surface area contributed by atoms with E-state index in [1.54, 1.807) is 11.9 Å². The van der Waals surface area contributed by atoms with E-state index in [4.69, 9.17) is 0 Å². The molecule has 1 N–H and O–H groups in total. The van der Waals surface area contributed by atoms with E-state index in [9.17, 15) is 0 Å². The Balaban J connectivity index is -0.000000138. The first kappa shape index (κ1) is 17.2. The van der Waals surface area contributed by atoms with Crippen molar-refractivity contribution in [2.75, 3.05) is 12.8 Å². The maximum absolute atomic E-state index is 3.08. The SMILES string of the molecule is C/C=C\CNSC.CC.CC. The minimum absolute atomic E-state index is 0.970. The summed E-state index contributed by atoms with van der Waals surface area (Å²) in [7, 11) is 0. The Morgan fingerprint density at radius 2 is 1.64 bits per heavy atom. The molecule has 0 spiro atoms. The lowest BCUT2D eigenvalue weighted by Gasteiger charge is -1.88. The van der Waals surface area contributed by atoms with Gasteiger partial charge < -0.3 is 0 Å². The van der Waals surface area contributed by atoms with Gasteiger partial charge in [0.15, 0.2) is 0 Å². The molecule has 2 heteroatoms. The molecule has 0 atom stereocenters. The minimum atomic E-state index is 0.970. The highest BCUT2D eigenvalue weighted by atomic mass is 32.2. The van der Waals surface area contributed by atoms with Gasteiger partial charge >= 0.3 is 0 Å². The van der Waals surface area contributed by atoms with E-state index in [-0.39, 0.29) is 0 Å². The molecule has 0 aliphatic carbocycles. The summed E-state index contributed by atoms with van der Waals surface area (Å²) in [6.07, 6.45) is 6.13. The van der Waals surface area contributed by atoms with Gasteiger partial charge in [-0.15, -0.1) is 0 Å². The molecule has 0 aromatic carbocycles. The Morgan fingerprint density at radius 3 is 1.91 bits per heavy atom. The number of hydrogen-bond acceptors (Lipinski definition) is 2. The van der Waals surface area contributed by atoms with Crippen LogP contribution < -0.4 is 4.72 Å². The van der Waals surface area contributed by atoms with Crippen LogP contribution in [0.2, 0.25) is 0 Å². The van der Waals surface area contributed by atoms with Crippen molar-refractivity contribution in [1.82, 2.24) is 4.72 Å². The van der Waals surface area contributed by atoms with Gasteiger partial charge in [-0.25, -0.2) is 0 Å². The summed E-state index contributed by atoms with van der Waals surface area (Å²) in [5.41, 5.74) is 0. The van der Waals surface area contributed by atoms with Crippen LogP contribution in [0.25, 0.3) is 0 Å². The highest BCUT2D eigenvalue weighted by Crippen LogP contribution is 1.79. The standard InChI is InChI=1S/C5H11NS.2C2H6/c1-3-4-5-6-7-2;2*1-2/h3-4,6H,5H2,1-2H3;2*1-2H3/b4-3-;;. The van der Waals surface area contributed by atoms with Crippen molar-refractivity contribution in [3.05, 3.63) is 12.2 Å². The molecule has 70 valence electrons. The monoisotopic (exact) mass is 177 g/mol. The van der Waals surface area contributed by atoms with Crippen LogP contribution in [0.5, 0.6) is 0 Å². The van der Waals surface area contributed by atoms with Crippen molar-refractivity contribution >= 4 is 11.9 Å². The van der Waals surface area contributed by atoms with Crippen LogP contribution in [0.15, 0.2) is 12.2 Å². The molecule has 0 radical (unpaired) electrons. The van der Waals surface area contributed by atoms with Crippen LogP contribution in [-0.2, 0) is 0 Å². The van der Waals surface area contributed by atoms with Crippen LogP contribution in [0.3, 0.4) is 0 Å².